The van der Waals surface area contributed by atoms with Crippen LogP contribution in [0.2, 0.25) is 0 Å². The molecule has 0 radical (unpaired) electrons. The number of hydrogen-bond donors (Lipinski definition) is 2. The number of β-amino-alcohol motifs (C(OH)–C–C–N with tert-alkyl or cyclic N) is 1. The first-order chi connectivity index (χ1) is 8.47. The summed E-state index contributed by atoms with van der Waals surface area (Å²) in [7, 11) is 4.11. The fourth-order valence-corrected chi connectivity index (χ4v) is 3.08. The third-order valence-electron chi connectivity index (χ3n) is 3.27. The Labute approximate surface area is 122 Å². The number of nitrogens with zero attached hydrogens (tertiary/aromatic N) is 2. The lowest BCUT2D eigenvalue weighted by Crippen LogP contribution is -2.37. The third kappa shape index (κ3) is 3.07. The number of benzene rings is 1. The van der Waals surface area contributed by atoms with Gasteiger partial charge < -0.3 is 20.6 Å². The molecule has 0 bridgehead atoms. The molecule has 0 saturated carbocycles. The highest BCUT2D eigenvalue weighted by molar-refractivity contribution is 14.1. The number of anilines is 2. The van der Waals surface area contributed by atoms with Gasteiger partial charge in [-0.1, -0.05) is 0 Å². The second kappa shape index (κ2) is 5.63. The van der Waals surface area contributed by atoms with Gasteiger partial charge in [-0.2, -0.15) is 0 Å². The standard InChI is InChI=1S/C13H20IN3O/c1-16(2)7-10-6-11(18)8-17(10)13-4-3-9(14)5-12(13)15/h3-5,10-11,18H,6-8,15H2,1-2H3. The van der Waals surface area contributed by atoms with Crippen molar-refractivity contribution in [2.24, 2.45) is 0 Å². The predicted molar refractivity (Wildman–Crippen MR) is 83.9 cm³/mol. The minimum absolute atomic E-state index is 0.256. The molecule has 3 N–H and O–H groups in total. The summed E-state index contributed by atoms with van der Waals surface area (Å²) in [5.41, 5.74) is 7.93. The lowest BCUT2D eigenvalue weighted by Gasteiger charge is -2.29. The number of nitrogen functional groups attached to an aromatic ring is 1. The van der Waals surface area contributed by atoms with E-state index in [9.17, 15) is 5.11 Å². The topological polar surface area (TPSA) is 52.7 Å². The summed E-state index contributed by atoms with van der Waals surface area (Å²) in [4.78, 5) is 4.38. The van der Waals surface area contributed by atoms with Crippen LogP contribution in [0.25, 0.3) is 0 Å². The van der Waals surface area contributed by atoms with E-state index in [2.05, 4.69) is 58.6 Å². The Morgan fingerprint density at radius 1 is 1.50 bits per heavy atom. The number of likely N-dealkylation sites (N-methyl/N-ethyl adjacent to an activating group) is 1. The summed E-state index contributed by atoms with van der Waals surface area (Å²) in [6, 6.07) is 6.42. The molecule has 0 aromatic heterocycles. The second-order valence-electron chi connectivity index (χ2n) is 5.16. The first kappa shape index (κ1) is 13.9. The Balaban J connectivity index is 2.24. The molecule has 1 heterocycles. The minimum atomic E-state index is -0.256. The van der Waals surface area contributed by atoms with E-state index in [0.717, 1.165) is 27.9 Å². The minimum Gasteiger partial charge on any atom is -0.397 e. The number of aliphatic hydroxyl groups is 1. The number of hydrogen-bond acceptors (Lipinski definition) is 4. The Morgan fingerprint density at radius 2 is 2.22 bits per heavy atom. The molecule has 100 valence electrons. The van der Waals surface area contributed by atoms with Crippen LogP contribution in [0.1, 0.15) is 6.42 Å². The molecule has 1 saturated heterocycles. The molecule has 0 spiro atoms. The average molecular weight is 361 g/mol. The number of aliphatic hydroxyl groups excluding tert-OH is 1. The molecule has 2 atom stereocenters. The molecule has 1 aliphatic heterocycles. The van der Waals surface area contributed by atoms with Gasteiger partial charge in [-0.25, -0.2) is 0 Å². The summed E-state index contributed by atoms with van der Waals surface area (Å²) < 4.78 is 1.14. The van der Waals surface area contributed by atoms with Gasteiger partial charge in [0.05, 0.1) is 17.5 Å². The SMILES string of the molecule is CN(C)CC1CC(O)CN1c1ccc(I)cc1N. The molecule has 1 aliphatic rings. The van der Waals surface area contributed by atoms with Gasteiger partial charge in [-0.15, -0.1) is 0 Å². The van der Waals surface area contributed by atoms with Gasteiger partial charge in [0, 0.05) is 22.7 Å². The van der Waals surface area contributed by atoms with E-state index in [4.69, 9.17) is 5.73 Å². The van der Waals surface area contributed by atoms with Gasteiger partial charge in [0.25, 0.3) is 0 Å². The molecule has 0 aliphatic carbocycles. The van der Waals surface area contributed by atoms with E-state index >= 15 is 0 Å². The molecule has 1 fully saturated rings. The predicted octanol–water partition coefficient (Wildman–Crippen LogP) is 1.37. The van der Waals surface area contributed by atoms with Crippen LogP contribution >= 0.6 is 22.6 Å². The van der Waals surface area contributed by atoms with Crippen LogP contribution in [0.3, 0.4) is 0 Å². The summed E-state index contributed by atoms with van der Waals surface area (Å²) >= 11 is 2.26. The van der Waals surface area contributed by atoms with E-state index in [1.807, 2.05) is 6.07 Å². The monoisotopic (exact) mass is 361 g/mol. The largest absolute Gasteiger partial charge is 0.397 e. The first-order valence-electron chi connectivity index (χ1n) is 6.12. The van der Waals surface area contributed by atoms with Gasteiger partial charge in [-0.3, -0.25) is 0 Å². The van der Waals surface area contributed by atoms with Crippen LogP contribution in [0, 0.1) is 3.57 Å². The maximum atomic E-state index is 9.89. The summed E-state index contributed by atoms with van der Waals surface area (Å²) in [6.45, 7) is 1.60. The number of rotatable bonds is 3. The average Bonchev–Trinajstić information content (AvgIpc) is 2.58. The van der Waals surface area contributed by atoms with Crippen molar-refractivity contribution in [3.8, 4) is 0 Å². The maximum absolute atomic E-state index is 9.89. The van der Waals surface area contributed by atoms with Gasteiger partial charge in [0.15, 0.2) is 0 Å². The van der Waals surface area contributed by atoms with E-state index < -0.39 is 0 Å². The van der Waals surface area contributed by atoms with Crippen molar-refractivity contribution in [3.63, 3.8) is 0 Å². The van der Waals surface area contributed by atoms with Crippen molar-refractivity contribution in [2.75, 3.05) is 37.8 Å². The molecule has 0 amide bonds. The highest BCUT2D eigenvalue weighted by atomic mass is 127. The second-order valence-corrected chi connectivity index (χ2v) is 6.41. The van der Waals surface area contributed by atoms with Gasteiger partial charge >= 0.3 is 0 Å². The van der Waals surface area contributed by atoms with Crippen LogP contribution in [-0.2, 0) is 0 Å². The Hall–Kier alpha value is -0.530. The molecule has 1 aromatic carbocycles. The van der Waals surface area contributed by atoms with E-state index in [-0.39, 0.29) is 6.10 Å². The molecule has 1 aromatic rings. The van der Waals surface area contributed by atoms with Gasteiger partial charge in [0.1, 0.15) is 0 Å². The third-order valence-corrected chi connectivity index (χ3v) is 3.94. The molecule has 2 rings (SSSR count). The van der Waals surface area contributed by atoms with Crippen LogP contribution in [0.5, 0.6) is 0 Å². The molecule has 2 unspecified atom stereocenters. The first-order valence-corrected chi connectivity index (χ1v) is 7.19. The van der Waals surface area contributed by atoms with Crippen LogP contribution < -0.4 is 10.6 Å². The Bertz CT molecular complexity index is 425. The summed E-state index contributed by atoms with van der Waals surface area (Å²) in [5, 5.41) is 9.89. The van der Waals surface area contributed by atoms with Crippen LogP contribution in [0.15, 0.2) is 18.2 Å². The summed E-state index contributed by atoms with van der Waals surface area (Å²) in [5.74, 6) is 0. The molecule has 5 heteroatoms. The highest BCUT2D eigenvalue weighted by Gasteiger charge is 2.32. The van der Waals surface area contributed by atoms with Crippen LogP contribution in [-0.4, -0.2) is 49.3 Å². The fraction of sp³-hybridized carbons (Fsp3) is 0.538. The zero-order valence-corrected chi connectivity index (χ0v) is 13.0. The lowest BCUT2D eigenvalue weighted by atomic mass is 10.1. The summed E-state index contributed by atoms with van der Waals surface area (Å²) in [6.07, 6.45) is 0.553. The number of halogens is 1. The Morgan fingerprint density at radius 3 is 2.83 bits per heavy atom. The maximum Gasteiger partial charge on any atom is 0.0735 e. The van der Waals surface area contributed by atoms with Gasteiger partial charge in [-0.05, 0) is 61.3 Å². The Kier molecular flexibility index (Phi) is 4.34. The van der Waals surface area contributed by atoms with E-state index in [0.29, 0.717) is 12.6 Å². The lowest BCUT2D eigenvalue weighted by molar-refractivity contribution is 0.191. The number of nitrogens with two attached hydrogens (primary N) is 1. The van der Waals surface area contributed by atoms with Crippen molar-refractivity contribution >= 4 is 34.0 Å². The highest BCUT2D eigenvalue weighted by Crippen LogP contribution is 2.31. The van der Waals surface area contributed by atoms with Crippen molar-refractivity contribution in [1.82, 2.24) is 4.90 Å². The van der Waals surface area contributed by atoms with Crippen molar-refractivity contribution in [3.05, 3.63) is 21.8 Å². The smallest absolute Gasteiger partial charge is 0.0735 e. The normalized spacial score (nSPS) is 23.9. The zero-order valence-electron chi connectivity index (χ0n) is 10.8. The van der Waals surface area contributed by atoms with E-state index in [1.165, 1.54) is 0 Å². The van der Waals surface area contributed by atoms with Crippen molar-refractivity contribution in [2.45, 2.75) is 18.6 Å². The molecule has 18 heavy (non-hydrogen) atoms. The van der Waals surface area contributed by atoms with E-state index in [1.54, 1.807) is 0 Å². The van der Waals surface area contributed by atoms with Gasteiger partial charge in [0.2, 0.25) is 0 Å². The molecule has 4 nitrogen and oxygen atoms in total. The zero-order chi connectivity index (χ0) is 13.3. The molecular weight excluding hydrogens is 341 g/mol. The fourth-order valence-electron chi connectivity index (χ4n) is 2.57. The van der Waals surface area contributed by atoms with Crippen molar-refractivity contribution < 1.29 is 5.11 Å². The van der Waals surface area contributed by atoms with Crippen molar-refractivity contribution in [1.29, 1.82) is 0 Å². The van der Waals surface area contributed by atoms with Crippen LogP contribution in [0.4, 0.5) is 11.4 Å². The molecular formula is C13H20IN3O. The quantitative estimate of drug-likeness (QED) is 0.631.